The van der Waals surface area contributed by atoms with Crippen LogP contribution in [0.15, 0.2) is 24.3 Å². The number of carbonyl (C=O) groups excluding carboxylic acids is 1. The molecule has 0 radical (unpaired) electrons. The Morgan fingerprint density at radius 2 is 2.25 bits per heavy atom. The third-order valence-corrected chi connectivity index (χ3v) is 2.19. The number of alkyl halides is 1. The van der Waals surface area contributed by atoms with Gasteiger partial charge in [0.2, 0.25) is 0 Å². The maximum atomic E-state index is 11.6. The molecule has 1 amide bonds. The second-order valence-corrected chi connectivity index (χ2v) is 3.80. The number of aryl methyl sites for hydroxylation is 1. The van der Waals surface area contributed by atoms with E-state index in [0.29, 0.717) is 31.2 Å². The van der Waals surface area contributed by atoms with Crippen molar-refractivity contribution in [2.24, 2.45) is 0 Å². The standard InChI is InChI=1S/C12H16ClNO2/c1-10-3-2-4-11(9-10)12(15)14-6-8-16-7-5-13/h2-4,9H,5-8H2,1H3,(H,14,15). The van der Waals surface area contributed by atoms with Crippen molar-refractivity contribution in [1.82, 2.24) is 5.32 Å². The molecule has 4 heteroatoms. The Kier molecular flexibility index (Phi) is 5.90. The van der Waals surface area contributed by atoms with Crippen molar-refractivity contribution in [3.05, 3.63) is 35.4 Å². The van der Waals surface area contributed by atoms with E-state index in [9.17, 15) is 4.79 Å². The zero-order valence-electron chi connectivity index (χ0n) is 9.33. The van der Waals surface area contributed by atoms with Gasteiger partial charge in [-0.3, -0.25) is 4.79 Å². The molecular weight excluding hydrogens is 226 g/mol. The van der Waals surface area contributed by atoms with Crippen LogP contribution in [0, 0.1) is 6.92 Å². The summed E-state index contributed by atoms with van der Waals surface area (Å²) in [5.41, 5.74) is 1.75. The predicted molar refractivity (Wildman–Crippen MR) is 65.1 cm³/mol. The van der Waals surface area contributed by atoms with E-state index in [1.54, 1.807) is 6.07 Å². The summed E-state index contributed by atoms with van der Waals surface area (Å²) >= 11 is 5.44. The first-order valence-electron chi connectivity index (χ1n) is 5.22. The maximum absolute atomic E-state index is 11.6. The minimum atomic E-state index is -0.0711. The van der Waals surface area contributed by atoms with E-state index in [-0.39, 0.29) is 5.91 Å². The monoisotopic (exact) mass is 241 g/mol. The van der Waals surface area contributed by atoms with Gasteiger partial charge in [0, 0.05) is 18.0 Å². The molecule has 0 aliphatic rings. The molecular formula is C12H16ClNO2. The number of benzene rings is 1. The second kappa shape index (κ2) is 7.25. The van der Waals surface area contributed by atoms with Crippen LogP contribution in [0.25, 0.3) is 0 Å². The summed E-state index contributed by atoms with van der Waals surface area (Å²) < 4.78 is 5.15. The number of halogens is 1. The Labute approximate surface area is 101 Å². The number of nitrogens with one attached hydrogen (secondary N) is 1. The Balaban J connectivity index is 2.30. The molecule has 1 rings (SSSR count). The molecule has 0 aromatic heterocycles. The first kappa shape index (κ1) is 13.0. The van der Waals surface area contributed by atoms with E-state index < -0.39 is 0 Å². The van der Waals surface area contributed by atoms with Crippen molar-refractivity contribution in [3.63, 3.8) is 0 Å². The molecule has 1 N–H and O–H groups in total. The van der Waals surface area contributed by atoms with Crippen LogP contribution < -0.4 is 5.32 Å². The third kappa shape index (κ3) is 4.64. The number of carbonyl (C=O) groups is 1. The summed E-state index contributed by atoms with van der Waals surface area (Å²) in [6.07, 6.45) is 0. The van der Waals surface area contributed by atoms with Gasteiger partial charge in [-0.2, -0.15) is 0 Å². The van der Waals surface area contributed by atoms with Crippen molar-refractivity contribution in [1.29, 1.82) is 0 Å². The molecule has 0 saturated heterocycles. The van der Waals surface area contributed by atoms with E-state index in [0.717, 1.165) is 5.56 Å². The van der Waals surface area contributed by atoms with Gasteiger partial charge in [0.05, 0.1) is 13.2 Å². The lowest BCUT2D eigenvalue weighted by atomic mass is 10.1. The molecule has 0 aliphatic heterocycles. The minimum Gasteiger partial charge on any atom is -0.378 e. The zero-order valence-corrected chi connectivity index (χ0v) is 10.1. The highest BCUT2D eigenvalue weighted by atomic mass is 35.5. The van der Waals surface area contributed by atoms with Crippen LogP contribution in [0.1, 0.15) is 15.9 Å². The highest BCUT2D eigenvalue weighted by molar-refractivity contribution is 6.17. The number of ether oxygens (including phenoxy) is 1. The number of hydrogen-bond acceptors (Lipinski definition) is 2. The molecule has 0 aliphatic carbocycles. The quantitative estimate of drug-likeness (QED) is 0.611. The highest BCUT2D eigenvalue weighted by Crippen LogP contribution is 2.03. The van der Waals surface area contributed by atoms with Crippen LogP contribution >= 0.6 is 11.6 Å². The molecule has 1 aromatic carbocycles. The fourth-order valence-corrected chi connectivity index (χ4v) is 1.39. The lowest BCUT2D eigenvalue weighted by Gasteiger charge is -2.06. The van der Waals surface area contributed by atoms with Gasteiger partial charge in [0.25, 0.3) is 5.91 Å². The topological polar surface area (TPSA) is 38.3 Å². The molecule has 0 saturated carbocycles. The average molecular weight is 242 g/mol. The fraction of sp³-hybridized carbons (Fsp3) is 0.417. The minimum absolute atomic E-state index is 0.0711. The molecule has 0 fully saturated rings. The molecule has 16 heavy (non-hydrogen) atoms. The lowest BCUT2D eigenvalue weighted by Crippen LogP contribution is -2.27. The molecule has 3 nitrogen and oxygen atoms in total. The number of amides is 1. The molecule has 0 heterocycles. The van der Waals surface area contributed by atoms with E-state index in [2.05, 4.69) is 5.32 Å². The Morgan fingerprint density at radius 1 is 1.44 bits per heavy atom. The van der Waals surface area contributed by atoms with Crippen molar-refractivity contribution >= 4 is 17.5 Å². The molecule has 0 bridgehead atoms. The summed E-state index contributed by atoms with van der Waals surface area (Å²) in [6.45, 7) is 3.47. The highest BCUT2D eigenvalue weighted by Gasteiger charge is 2.03. The molecule has 0 unspecified atom stereocenters. The van der Waals surface area contributed by atoms with Crippen LogP contribution in [-0.2, 0) is 4.74 Å². The van der Waals surface area contributed by atoms with Gasteiger partial charge in [-0.1, -0.05) is 17.7 Å². The number of rotatable bonds is 6. The Morgan fingerprint density at radius 3 is 2.94 bits per heavy atom. The van der Waals surface area contributed by atoms with Gasteiger partial charge in [-0.05, 0) is 19.1 Å². The van der Waals surface area contributed by atoms with Crippen molar-refractivity contribution < 1.29 is 9.53 Å². The van der Waals surface area contributed by atoms with Crippen LogP contribution in [0.4, 0.5) is 0 Å². The van der Waals surface area contributed by atoms with E-state index in [1.807, 2.05) is 25.1 Å². The van der Waals surface area contributed by atoms with E-state index in [1.165, 1.54) is 0 Å². The summed E-state index contributed by atoms with van der Waals surface area (Å²) in [5.74, 6) is 0.407. The summed E-state index contributed by atoms with van der Waals surface area (Å²) in [4.78, 5) is 11.6. The third-order valence-electron chi connectivity index (χ3n) is 2.03. The van der Waals surface area contributed by atoms with Crippen molar-refractivity contribution in [2.45, 2.75) is 6.92 Å². The van der Waals surface area contributed by atoms with Gasteiger partial charge in [0.15, 0.2) is 0 Å². The molecule has 88 valence electrons. The molecule has 1 aromatic rings. The van der Waals surface area contributed by atoms with E-state index in [4.69, 9.17) is 16.3 Å². The number of hydrogen-bond donors (Lipinski definition) is 1. The summed E-state index contributed by atoms with van der Waals surface area (Å²) in [5, 5.41) is 2.78. The van der Waals surface area contributed by atoms with Crippen molar-refractivity contribution in [3.8, 4) is 0 Å². The van der Waals surface area contributed by atoms with Gasteiger partial charge >= 0.3 is 0 Å². The van der Waals surface area contributed by atoms with Crippen LogP contribution in [0.5, 0.6) is 0 Å². The Hall–Kier alpha value is -1.06. The van der Waals surface area contributed by atoms with Crippen LogP contribution in [-0.4, -0.2) is 31.5 Å². The van der Waals surface area contributed by atoms with Gasteiger partial charge in [-0.15, -0.1) is 11.6 Å². The SMILES string of the molecule is Cc1cccc(C(=O)NCCOCCCl)c1. The summed E-state index contributed by atoms with van der Waals surface area (Å²) in [7, 11) is 0. The van der Waals surface area contributed by atoms with Gasteiger partial charge in [0.1, 0.15) is 0 Å². The van der Waals surface area contributed by atoms with Crippen LogP contribution in [0.3, 0.4) is 0 Å². The second-order valence-electron chi connectivity index (χ2n) is 3.43. The van der Waals surface area contributed by atoms with Gasteiger partial charge in [-0.25, -0.2) is 0 Å². The fourth-order valence-electron chi connectivity index (χ4n) is 1.28. The predicted octanol–water partition coefficient (Wildman–Crippen LogP) is 1.98. The zero-order chi connectivity index (χ0) is 11.8. The Bertz CT molecular complexity index is 342. The normalized spacial score (nSPS) is 10.1. The molecule has 0 atom stereocenters. The largest absolute Gasteiger partial charge is 0.378 e. The van der Waals surface area contributed by atoms with Crippen molar-refractivity contribution in [2.75, 3.05) is 25.6 Å². The van der Waals surface area contributed by atoms with Crippen LogP contribution in [0.2, 0.25) is 0 Å². The van der Waals surface area contributed by atoms with Gasteiger partial charge < -0.3 is 10.1 Å². The first-order valence-corrected chi connectivity index (χ1v) is 5.76. The van der Waals surface area contributed by atoms with E-state index >= 15 is 0 Å². The maximum Gasteiger partial charge on any atom is 0.251 e. The lowest BCUT2D eigenvalue weighted by molar-refractivity contribution is 0.0923. The molecule has 0 spiro atoms. The average Bonchev–Trinajstić information content (AvgIpc) is 2.28. The summed E-state index contributed by atoms with van der Waals surface area (Å²) in [6, 6.07) is 7.48. The first-order chi connectivity index (χ1) is 7.74. The smallest absolute Gasteiger partial charge is 0.251 e.